The van der Waals surface area contributed by atoms with Crippen molar-refractivity contribution in [3.8, 4) is 0 Å². The normalized spacial score (nSPS) is 11.8. The van der Waals surface area contributed by atoms with Gasteiger partial charge in [0.25, 0.3) is 0 Å². The van der Waals surface area contributed by atoms with Crippen LogP contribution in [-0.2, 0) is 22.5 Å². The van der Waals surface area contributed by atoms with Gasteiger partial charge in [0.05, 0.1) is 6.61 Å². The van der Waals surface area contributed by atoms with E-state index in [4.69, 9.17) is 9.47 Å². The molecule has 0 aliphatic carbocycles. The molecule has 0 bridgehead atoms. The average molecular weight is 222 g/mol. The predicted octanol–water partition coefficient (Wildman–Crippen LogP) is 3.40. The SMILES string of the molecule is COCOCc1ccccc1CC(C)(C)C. The van der Waals surface area contributed by atoms with Gasteiger partial charge in [-0.15, -0.1) is 0 Å². The Hall–Kier alpha value is -0.860. The lowest BCUT2D eigenvalue weighted by Crippen LogP contribution is -2.11. The van der Waals surface area contributed by atoms with Gasteiger partial charge >= 0.3 is 0 Å². The van der Waals surface area contributed by atoms with Crippen LogP contribution in [0.5, 0.6) is 0 Å². The van der Waals surface area contributed by atoms with E-state index < -0.39 is 0 Å². The smallest absolute Gasteiger partial charge is 0.146 e. The third kappa shape index (κ3) is 4.77. The van der Waals surface area contributed by atoms with Crippen LogP contribution in [0.3, 0.4) is 0 Å². The quantitative estimate of drug-likeness (QED) is 0.561. The summed E-state index contributed by atoms with van der Waals surface area (Å²) in [6.45, 7) is 7.73. The average Bonchev–Trinajstić information content (AvgIpc) is 2.19. The standard InChI is InChI=1S/C14H22O2/c1-14(2,3)9-12-7-5-6-8-13(12)10-16-11-15-4/h5-8H,9-11H2,1-4H3. The molecule has 0 N–H and O–H groups in total. The maximum Gasteiger partial charge on any atom is 0.146 e. The molecule has 0 fully saturated rings. The summed E-state index contributed by atoms with van der Waals surface area (Å²) in [7, 11) is 1.64. The highest BCUT2D eigenvalue weighted by Gasteiger charge is 2.13. The summed E-state index contributed by atoms with van der Waals surface area (Å²) in [4.78, 5) is 0. The lowest BCUT2D eigenvalue weighted by molar-refractivity contribution is -0.0393. The zero-order chi connectivity index (χ0) is 12.0. The molecular weight excluding hydrogens is 200 g/mol. The van der Waals surface area contributed by atoms with Crippen molar-refractivity contribution in [3.63, 3.8) is 0 Å². The molecule has 0 heterocycles. The van der Waals surface area contributed by atoms with Crippen molar-refractivity contribution in [2.24, 2.45) is 5.41 Å². The van der Waals surface area contributed by atoms with E-state index in [1.807, 2.05) is 0 Å². The predicted molar refractivity (Wildman–Crippen MR) is 66.3 cm³/mol. The molecule has 1 aromatic rings. The highest BCUT2D eigenvalue weighted by molar-refractivity contribution is 5.27. The Morgan fingerprint density at radius 3 is 2.25 bits per heavy atom. The second kappa shape index (κ2) is 6.02. The first-order valence-corrected chi connectivity index (χ1v) is 5.66. The highest BCUT2D eigenvalue weighted by atomic mass is 16.7. The van der Waals surface area contributed by atoms with Gasteiger partial charge in [0.1, 0.15) is 6.79 Å². The van der Waals surface area contributed by atoms with Crippen LogP contribution in [-0.4, -0.2) is 13.9 Å². The summed E-state index contributed by atoms with van der Waals surface area (Å²) < 4.78 is 10.3. The van der Waals surface area contributed by atoms with Crippen molar-refractivity contribution in [2.45, 2.75) is 33.8 Å². The fraction of sp³-hybridized carbons (Fsp3) is 0.571. The van der Waals surface area contributed by atoms with Crippen molar-refractivity contribution >= 4 is 0 Å². The topological polar surface area (TPSA) is 18.5 Å². The summed E-state index contributed by atoms with van der Waals surface area (Å²) in [6, 6.07) is 8.44. The first kappa shape index (κ1) is 13.2. The molecule has 16 heavy (non-hydrogen) atoms. The highest BCUT2D eigenvalue weighted by Crippen LogP contribution is 2.23. The van der Waals surface area contributed by atoms with E-state index in [2.05, 4.69) is 45.0 Å². The number of hydrogen-bond acceptors (Lipinski definition) is 2. The van der Waals surface area contributed by atoms with Crippen LogP contribution < -0.4 is 0 Å². The summed E-state index contributed by atoms with van der Waals surface area (Å²) in [6.07, 6.45) is 1.07. The Labute approximate surface area is 98.6 Å². The zero-order valence-electron chi connectivity index (χ0n) is 10.7. The maximum atomic E-state index is 5.40. The van der Waals surface area contributed by atoms with Crippen LogP contribution in [0, 0.1) is 5.41 Å². The van der Waals surface area contributed by atoms with Crippen molar-refractivity contribution in [2.75, 3.05) is 13.9 Å². The number of hydrogen-bond donors (Lipinski definition) is 0. The van der Waals surface area contributed by atoms with Gasteiger partial charge in [-0.1, -0.05) is 45.0 Å². The van der Waals surface area contributed by atoms with Crippen LogP contribution in [0.2, 0.25) is 0 Å². The van der Waals surface area contributed by atoms with Crippen LogP contribution in [0.1, 0.15) is 31.9 Å². The van der Waals surface area contributed by atoms with Crippen molar-refractivity contribution in [1.82, 2.24) is 0 Å². The second-order valence-corrected chi connectivity index (χ2v) is 5.26. The van der Waals surface area contributed by atoms with Gasteiger partial charge in [0.2, 0.25) is 0 Å². The maximum absolute atomic E-state index is 5.40. The van der Waals surface area contributed by atoms with E-state index in [0.29, 0.717) is 18.8 Å². The van der Waals surface area contributed by atoms with Crippen molar-refractivity contribution in [3.05, 3.63) is 35.4 Å². The Bertz CT molecular complexity index is 313. The second-order valence-electron chi connectivity index (χ2n) is 5.26. The summed E-state index contributed by atoms with van der Waals surface area (Å²) >= 11 is 0. The van der Waals surface area contributed by atoms with E-state index in [1.165, 1.54) is 11.1 Å². The summed E-state index contributed by atoms with van der Waals surface area (Å²) in [5.74, 6) is 0. The van der Waals surface area contributed by atoms with Gasteiger partial charge < -0.3 is 9.47 Å². The molecule has 1 aromatic carbocycles. The molecule has 0 aromatic heterocycles. The molecule has 0 amide bonds. The van der Waals surface area contributed by atoms with E-state index >= 15 is 0 Å². The van der Waals surface area contributed by atoms with Crippen molar-refractivity contribution in [1.29, 1.82) is 0 Å². The minimum atomic E-state index is 0.303. The molecule has 1 rings (SSSR count). The van der Waals surface area contributed by atoms with Crippen LogP contribution >= 0.6 is 0 Å². The van der Waals surface area contributed by atoms with Crippen molar-refractivity contribution < 1.29 is 9.47 Å². The summed E-state index contributed by atoms with van der Waals surface area (Å²) in [5.41, 5.74) is 2.93. The number of methoxy groups -OCH3 is 1. The molecular formula is C14H22O2. The fourth-order valence-electron chi connectivity index (χ4n) is 1.68. The van der Waals surface area contributed by atoms with Gasteiger partial charge in [-0.05, 0) is 23.0 Å². The summed E-state index contributed by atoms with van der Waals surface area (Å²) in [5, 5.41) is 0. The van der Waals surface area contributed by atoms with Gasteiger partial charge in [-0.25, -0.2) is 0 Å². The lowest BCUT2D eigenvalue weighted by atomic mass is 9.86. The van der Waals surface area contributed by atoms with Crippen LogP contribution in [0.4, 0.5) is 0 Å². The van der Waals surface area contributed by atoms with Gasteiger partial charge in [0, 0.05) is 7.11 Å². The molecule has 0 radical (unpaired) electrons. The third-order valence-electron chi connectivity index (χ3n) is 2.30. The fourth-order valence-corrected chi connectivity index (χ4v) is 1.68. The Morgan fingerprint density at radius 1 is 1.06 bits per heavy atom. The lowest BCUT2D eigenvalue weighted by Gasteiger charge is -2.20. The first-order chi connectivity index (χ1) is 7.53. The molecule has 0 saturated carbocycles. The van der Waals surface area contributed by atoms with Gasteiger partial charge in [-0.2, -0.15) is 0 Å². The molecule has 0 unspecified atom stereocenters. The number of benzene rings is 1. The van der Waals surface area contributed by atoms with E-state index in [0.717, 1.165) is 6.42 Å². The Balaban J connectivity index is 2.68. The van der Waals surface area contributed by atoms with Crippen LogP contribution in [0.25, 0.3) is 0 Å². The molecule has 90 valence electrons. The minimum absolute atomic E-state index is 0.303. The van der Waals surface area contributed by atoms with Gasteiger partial charge in [-0.3, -0.25) is 0 Å². The Morgan fingerprint density at radius 2 is 1.69 bits per heavy atom. The molecule has 0 saturated heterocycles. The van der Waals surface area contributed by atoms with E-state index in [-0.39, 0.29) is 0 Å². The molecule has 0 spiro atoms. The molecule has 2 nitrogen and oxygen atoms in total. The molecule has 2 heteroatoms. The monoisotopic (exact) mass is 222 g/mol. The number of rotatable bonds is 5. The van der Waals surface area contributed by atoms with Gasteiger partial charge in [0.15, 0.2) is 0 Å². The van der Waals surface area contributed by atoms with E-state index in [1.54, 1.807) is 7.11 Å². The first-order valence-electron chi connectivity index (χ1n) is 5.66. The van der Waals surface area contributed by atoms with E-state index in [9.17, 15) is 0 Å². The molecule has 0 aliphatic rings. The largest absolute Gasteiger partial charge is 0.359 e. The number of ether oxygens (including phenoxy) is 2. The molecule has 0 aliphatic heterocycles. The minimum Gasteiger partial charge on any atom is -0.359 e. The zero-order valence-corrected chi connectivity index (χ0v) is 10.7. The van der Waals surface area contributed by atoms with Crippen LogP contribution in [0.15, 0.2) is 24.3 Å². The third-order valence-corrected chi connectivity index (χ3v) is 2.30. The Kier molecular flexibility index (Phi) is 4.97. The molecule has 0 atom stereocenters.